The number of carbonyl (C=O) groups excluding carboxylic acids is 1. The van der Waals surface area contributed by atoms with Gasteiger partial charge in [0, 0.05) is 24.5 Å². The first-order valence-corrected chi connectivity index (χ1v) is 8.79. The zero-order valence-electron chi connectivity index (χ0n) is 13.6. The summed E-state index contributed by atoms with van der Waals surface area (Å²) in [5, 5.41) is 13.2. The summed E-state index contributed by atoms with van der Waals surface area (Å²) >= 11 is 5.96. The lowest BCUT2D eigenvalue weighted by molar-refractivity contribution is -0.122. The molecule has 1 aliphatic rings. The highest BCUT2D eigenvalue weighted by atomic mass is 35.5. The SMILES string of the molecule is O=C(CN1CCC[C@@H](O)C1)NCCCc1nc2ccc(Cl)cc2[nH]1. The van der Waals surface area contributed by atoms with Gasteiger partial charge < -0.3 is 15.4 Å². The number of fused-ring (bicyclic) bond motifs is 1. The van der Waals surface area contributed by atoms with E-state index in [1.807, 2.05) is 23.1 Å². The summed E-state index contributed by atoms with van der Waals surface area (Å²) < 4.78 is 0. The van der Waals surface area contributed by atoms with Crippen LogP contribution in [0.1, 0.15) is 25.1 Å². The number of H-pyrrole nitrogens is 1. The number of rotatable bonds is 6. The van der Waals surface area contributed by atoms with Gasteiger partial charge in [0.1, 0.15) is 5.82 Å². The Kier molecular flexibility index (Phi) is 5.71. The number of piperidine rings is 1. The van der Waals surface area contributed by atoms with Gasteiger partial charge in [-0.1, -0.05) is 11.6 Å². The van der Waals surface area contributed by atoms with Crippen molar-refractivity contribution in [1.82, 2.24) is 20.2 Å². The maximum Gasteiger partial charge on any atom is 0.234 e. The van der Waals surface area contributed by atoms with Crippen LogP contribution >= 0.6 is 11.6 Å². The number of halogens is 1. The van der Waals surface area contributed by atoms with Gasteiger partial charge in [0.05, 0.1) is 23.7 Å². The Morgan fingerprint density at radius 2 is 2.38 bits per heavy atom. The molecule has 1 aromatic heterocycles. The van der Waals surface area contributed by atoms with Gasteiger partial charge in [0.2, 0.25) is 5.91 Å². The van der Waals surface area contributed by atoms with Gasteiger partial charge in [-0.25, -0.2) is 4.98 Å². The number of benzene rings is 1. The van der Waals surface area contributed by atoms with Gasteiger partial charge in [-0.2, -0.15) is 0 Å². The third-order valence-electron chi connectivity index (χ3n) is 4.25. The van der Waals surface area contributed by atoms with Crippen molar-refractivity contribution in [3.05, 3.63) is 29.0 Å². The van der Waals surface area contributed by atoms with Gasteiger partial charge in [-0.15, -0.1) is 0 Å². The molecule has 3 rings (SSSR count). The van der Waals surface area contributed by atoms with E-state index in [9.17, 15) is 9.90 Å². The third-order valence-corrected chi connectivity index (χ3v) is 4.49. The van der Waals surface area contributed by atoms with E-state index in [1.54, 1.807) is 0 Å². The molecule has 1 amide bonds. The highest BCUT2D eigenvalue weighted by Gasteiger charge is 2.19. The fourth-order valence-electron chi connectivity index (χ4n) is 3.07. The maximum absolute atomic E-state index is 11.9. The summed E-state index contributed by atoms with van der Waals surface area (Å²) in [6.45, 7) is 2.45. The number of aromatic amines is 1. The van der Waals surface area contributed by atoms with E-state index in [1.165, 1.54) is 0 Å². The lowest BCUT2D eigenvalue weighted by Gasteiger charge is -2.29. The molecule has 0 radical (unpaired) electrons. The Bertz CT molecular complexity index is 703. The lowest BCUT2D eigenvalue weighted by atomic mass is 10.1. The van der Waals surface area contributed by atoms with Crippen LogP contribution in [0.2, 0.25) is 5.02 Å². The van der Waals surface area contributed by atoms with Crippen LogP contribution in [0.5, 0.6) is 0 Å². The number of nitrogens with zero attached hydrogens (tertiary/aromatic N) is 2. The number of β-amino-alcohol motifs (C(OH)–C–C–N with tert-alkyl or cyclic N) is 1. The average molecular weight is 351 g/mol. The summed E-state index contributed by atoms with van der Waals surface area (Å²) in [6.07, 6.45) is 3.08. The van der Waals surface area contributed by atoms with Crippen LogP contribution in [0.3, 0.4) is 0 Å². The van der Waals surface area contributed by atoms with Crippen molar-refractivity contribution in [2.45, 2.75) is 31.8 Å². The fourth-order valence-corrected chi connectivity index (χ4v) is 3.24. The predicted octanol–water partition coefficient (Wildman–Crippen LogP) is 1.72. The zero-order chi connectivity index (χ0) is 16.9. The van der Waals surface area contributed by atoms with Crippen molar-refractivity contribution in [3.63, 3.8) is 0 Å². The molecular weight excluding hydrogens is 328 g/mol. The number of aliphatic hydroxyl groups excluding tert-OH is 1. The number of aromatic nitrogens is 2. The number of aliphatic hydroxyl groups is 1. The molecule has 1 saturated heterocycles. The zero-order valence-corrected chi connectivity index (χ0v) is 14.4. The largest absolute Gasteiger partial charge is 0.392 e. The summed E-state index contributed by atoms with van der Waals surface area (Å²) in [4.78, 5) is 21.7. The van der Waals surface area contributed by atoms with Crippen LogP contribution in [-0.2, 0) is 11.2 Å². The third kappa shape index (κ3) is 4.69. The minimum Gasteiger partial charge on any atom is -0.392 e. The fraction of sp³-hybridized carbons (Fsp3) is 0.529. The highest BCUT2D eigenvalue weighted by Crippen LogP contribution is 2.17. The minimum atomic E-state index is -0.298. The van der Waals surface area contributed by atoms with E-state index < -0.39 is 0 Å². The van der Waals surface area contributed by atoms with Crippen LogP contribution < -0.4 is 5.32 Å². The maximum atomic E-state index is 11.9. The number of hydrogen-bond acceptors (Lipinski definition) is 4. The van der Waals surface area contributed by atoms with E-state index in [0.717, 1.165) is 49.1 Å². The molecule has 0 spiro atoms. The first-order chi connectivity index (χ1) is 11.6. The number of carbonyl (C=O) groups is 1. The number of imidazole rings is 1. The quantitative estimate of drug-likeness (QED) is 0.693. The number of nitrogens with one attached hydrogen (secondary N) is 2. The molecule has 0 saturated carbocycles. The van der Waals surface area contributed by atoms with Crippen molar-refractivity contribution in [2.75, 3.05) is 26.2 Å². The van der Waals surface area contributed by atoms with Gasteiger partial charge >= 0.3 is 0 Å². The Hall–Kier alpha value is -1.63. The molecule has 24 heavy (non-hydrogen) atoms. The van der Waals surface area contributed by atoms with Crippen molar-refractivity contribution >= 4 is 28.5 Å². The molecule has 7 heteroatoms. The van der Waals surface area contributed by atoms with Crippen molar-refractivity contribution in [1.29, 1.82) is 0 Å². The number of aryl methyl sites for hydroxylation is 1. The molecule has 1 aromatic carbocycles. The number of amides is 1. The Morgan fingerprint density at radius 3 is 3.21 bits per heavy atom. The van der Waals surface area contributed by atoms with E-state index >= 15 is 0 Å². The molecule has 0 bridgehead atoms. The second kappa shape index (κ2) is 7.96. The predicted molar refractivity (Wildman–Crippen MR) is 94.1 cm³/mol. The summed E-state index contributed by atoms with van der Waals surface area (Å²) in [5.74, 6) is 0.918. The minimum absolute atomic E-state index is 0.0143. The number of hydrogen-bond donors (Lipinski definition) is 3. The van der Waals surface area contributed by atoms with Crippen LogP contribution in [0.25, 0.3) is 11.0 Å². The average Bonchev–Trinajstić information content (AvgIpc) is 2.93. The smallest absolute Gasteiger partial charge is 0.234 e. The molecule has 2 aromatic rings. The molecular formula is C17H23ClN4O2. The Labute approximate surface area is 146 Å². The molecule has 1 fully saturated rings. The molecule has 2 heterocycles. The summed E-state index contributed by atoms with van der Waals surface area (Å²) in [7, 11) is 0. The summed E-state index contributed by atoms with van der Waals surface area (Å²) in [6, 6.07) is 5.58. The molecule has 1 atom stereocenters. The monoisotopic (exact) mass is 350 g/mol. The normalized spacial score (nSPS) is 18.8. The summed E-state index contributed by atoms with van der Waals surface area (Å²) in [5.41, 5.74) is 1.84. The Balaban J connectivity index is 1.38. The van der Waals surface area contributed by atoms with Crippen LogP contribution in [0.15, 0.2) is 18.2 Å². The first-order valence-electron chi connectivity index (χ1n) is 8.41. The highest BCUT2D eigenvalue weighted by molar-refractivity contribution is 6.31. The van der Waals surface area contributed by atoms with Crippen molar-refractivity contribution in [3.8, 4) is 0 Å². The van der Waals surface area contributed by atoms with E-state index in [4.69, 9.17) is 11.6 Å². The molecule has 1 aliphatic heterocycles. The molecule has 0 unspecified atom stereocenters. The van der Waals surface area contributed by atoms with Gasteiger partial charge in [0.15, 0.2) is 0 Å². The van der Waals surface area contributed by atoms with Gasteiger partial charge in [0.25, 0.3) is 0 Å². The molecule has 3 N–H and O–H groups in total. The van der Waals surface area contributed by atoms with E-state index in [0.29, 0.717) is 24.7 Å². The van der Waals surface area contributed by atoms with Gasteiger partial charge in [-0.05, 0) is 44.0 Å². The standard InChI is InChI=1S/C17H23ClN4O2/c18-12-5-6-14-15(9-12)21-16(20-14)4-1-7-19-17(24)11-22-8-2-3-13(23)10-22/h5-6,9,13,23H,1-4,7-8,10-11H2,(H,19,24)(H,20,21)/t13-/m1/s1. The van der Waals surface area contributed by atoms with E-state index in [2.05, 4.69) is 15.3 Å². The van der Waals surface area contributed by atoms with Crippen molar-refractivity contribution in [2.24, 2.45) is 0 Å². The molecule has 130 valence electrons. The van der Waals surface area contributed by atoms with Crippen LogP contribution in [0.4, 0.5) is 0 Å². The van der Waals surface area contributed by atoms with Crippen LogP contribution in [-0.4, -0.2) is 58.2 Å². The first kappa shape index (κ1) is 17.2. The van der Waals surface area contributed by atoms with Crippen LogP contribution in [0, 0.1) is 0 Å². The van der Waals surface area contributed by atoms with Gasteiger partial charge in [-0.3, -0.25) is 9.69 Å². The molecule has 0 aliphatic carbocycles. The topological polar surface area (TPSA) is 81.2 Å². The lowest BCUT2D eigenvalue weighted by Crippen LogP contribution is -2.44. The molecule has 6 nitrogen and oxygen atoms in total. The van der Waals surface area contributed by atoms with E-state index in [-0.39, 0.29) is 12.0 Å². The number of likely N-dealkylation sites (tertiary alicyclic amines) is 1. The second-order valence-electron chi connectivity index (χ2n) is 6.33. The Morgan fingerprint density at radius 1 is 1.50 bits per heavy atom. The second-order valence-corrected chi connectivity index (χ2v) is 6.77. The van der Waals surface area contributed by atoms with Crippen molar-refractivity contribution < 1.29 is 9.90 Å².